The fraction of sp³-hybridized carbons (Fsp3) is 0.375. The van der Waals surface area contributed by atoms with Gasteiger partial charge in [0.2, 0.25) is 5.91 Å². The minimum atomic E-state index is 0.276. The van der Waals surface area contributed by atoms with Crippen molar-refractivity contribution in [3.05, 3.63) is 84.2 Å². The first-order valence-electron chi connectivity index (χ1n) is 10.5. The van der Waals surface area contributed by atoms with Gasteiger partial charge in [0, 0.05) is 56.8 Å². The summed E-state index contributed by atoms with van der Waals surface area (Å²) in [5.41, 5.74) is 2.51. The van der Waals surface area contributed by atoms with Gasteiger partial charge < -0.3 is 9.47 Å². The second-order valence-corrected chi connectivity index (χ2v) is 7.79. The molecule has 1 aliphatic heterocycles. The molecule has 5 nitrogen and oxygen atoms in total. The number of nitrogens with zero attached hydrogens (tertiary/aromatic N) is 4. The Balaban J connectivity index is 1.34. The van der Waals surface area contributed by atoms with Gasteiger partial charge in [-0.3, -0.25) is 9.78 Å². The lowest BCUT2D eigenvalue weighted by atomic mass is 9.96. The molecule has 1 unspecified atom stereocenters. The Bertz CT molecular complexity index is 907. The lowest BCUT2D eigenvalue weighted by Crippen LogP contribution is -2.39. The van der Waals surface area contributed by atoms with Crippen LogP contribution in [-0.2, 0) is 17.8 Å². The SMILES string of the molecule is O=C(CCCc1ccccc1)N1CCCC(c2nccn2Cc2ccncc2)C1. The van der Waals surface area contributed by atoms with Gasteiger partial charge in [-0.1, -0.05) is 30.3 Å². The van der Waals surface area contributed by atoms with Gasteiger partial charge in [-0.25, -0.2) is 4.98 Å². The van der Waals surface area contributed by atoms with Crippen molar-refractivity contribution in [2.45, 2.75) is 44.6 Å². The molecule has 3 heterocycles. The number of pyridine rings is 1. The van der Waals surface area contributed by atoms with Crippen LogP contribution in [0.4, 0.5) is 0 Å². The lowest BCUT2D eigenvalue weighted by molar-refractivity contribution is -0.132. The number of carbonyl (C=O) groups excluding carboxylic acids is 1. The van der Waals surface area contributed by atoms with Crippen LogP contribution < -0.4 is 0 Å². The molecular weight excluding hydrogens is 360 g/mol. The van der Waals surface area contributed by atoms with E-state index in [0.29, 0.717) is 12.3 Å². The molecule has 1 saturated heterocycles. The Hall–Kier alpha value is -2.95. The molecule has 4 rings (SSSR count). The molecule has 3 aromatic rings. The lowest BCUT2D eigenvalue weighted by Gasteiger charge is -2.33. The van der Waals surface area contributed by atoms with Gasteiger partial charge in [0.25, 0.3) is 0 Å². The Morgan fingerprint density at radius 2 is 1.86 bits per heavy atom. The highest BCUT2D eigenvalue weighted by Gasteiger charge is 2.27. The van der Waals surface area contributed by atoms with Crippen LogP contribution >= 0.6 is 0 Å². The standard InChI is InChI=1S/C24H28N4O/c29-23(10-4-8-20-6-2-1-3-7-20)27-16-5-9-22(19-27)24-26-15-17-28(24)18-21-11-13-25-14-12-21/h1-3,6-7,11-15,17,22H,4-5,8-10,16,18-19H2. The van der Waals surface area contributed by atoms with Crippen LogP contribution in [0, 0.1) is 0 Å². The average Bonchev–Trinajstić information content (AvgIpc) is 3.23. The van der Waals surface area contributed by atoms with E-state index in [2.05, 4.69) is 38.8 Å². The molecular formula is C24H28N4O. The maximum atomic E-state index is 12.8. The Morgan fingerprint density at radius 1 is 1.03 bits per heavy atom. The van der Waals surface area contributed by atoms with Crippen molar-refractivity contribution in [3.63, 3.8) is 0 Å². The fourth-order valence-corrected chi connectivity index (χ4v) is 4.16. The molecule has 0 N–H and O–H groups in total. The number of rotatable bonds is 7. The van der Waals surface area contributed by atoms with Gasteiger partial charge in [0.1, 0.15) is 5.82 Å². The molecule has 29 heavy (non-hydrogen) atoms. The zero-order chi connectivity index (χ0) is 19.9. The monoisotopic (exact) mass is 388 g/mol. The zero-order valence-corrected chi connectivity index (χ0v) is 16.8. The second kappa shape index (κ2) is 9.50. The van der Waals surface area contributed by atoms with Crippen molar-refractivity contribution >= 4 is 5.91 Å². The average molecular weight is 389 g/mol. The normalized spacial score (nSPS) is 16.7. The van der Waals surface area contributed by atoms with Crippen molar-refractivity contribution in [1.29, 1.82) is 0 Å². The quantitative estimate of drug-likeness (QED) is 0.613. The summed E-state index contributed by atoms with van der Waals surface area (Å²) in [4.78, 5) is 23.5. The minimum Gasteiger partial charge on any atom is -0.342 e. The maximum Gasteiger partial charge on any atom is 0.222 e. The molecule has 0 aliphatic carbocycles. The van der Waals surface area contributed by atoms with E-state index in [1.165, 1.54) is 11.1 Å². The summed E-state index contributed by atoms with van der Waals surface area (Å²) >= 11 is 0. The van der Waals surface area contributed by atoms with Crippen LogP contribution in [0.1, 0.15) is 48.6 Å². The predicted octanol–water partition coefficient (Wildman–Crippen LogP) is 4.06. The first-order chi connectivity index (χ1) is 14.3. The molecule has 1 fully saturated rings. The number of hydrogen-bond donors (Lipinski definition) is 0. The van der Waals surface area contributed by atoms with Crippen LogP contribution in [-0.4, -0.2) is 38.4 Å². The summed E-state index contributed by atoms with van der Waals surface area (Å²) in [6.07, 6.45) is 12.2. The van der Waals surface area contributed by atoms with Gasteiger partial charge in [-0.05, 0) is 48.9 Å². The van der Waals surface area contributed by atoms with Gasteiger partial charge >= 0.3 is 0 Å². The summed E-state index contributed by atoms with van der Waals surface area (Å²) in [5.74, 6) is 1.67. The number of carbonyl (C=O) groups is 1. The third-order valence-electron chi connectivity index (χ3n) is 5.69. The van der Waals surface area contributed by atoms with Crippen molar-refractivity contribution < 1.29 is 4.79 Å². The van der Waals surface area contributed by atoms with Crippen LogP contribution in [0.15, 0.2) is 67.3 Å². The number of hydrogen-bond acceptors (Lipinski definition) is 3. The molecule has 0 saturated carbocycles. The van der Waals surface area contributed by atoms with E-state index in [4.69, 9.17) is 0 Å². The van der Waals surface area contributed by atoms with Crippen LogP contribution in [0.3, 0.4) is 0 Å². The number of benzene rings is 1. The number of likely N-dealkylation sites (tertiary alicyclic amines) is 1. The van der Waals surface area contributed by atoms with Gasteiger partial charge in [0.15, 0.2) is 0 Å². The van der Waals surface area contributed by atoms with Crippen molar-refractivity contribution in [2.75, 3.05) is 13.1 Å². The molecule has 2 aromatic heterocycles. The molecule has 1 atom stereocenters. The first-order valence-corrected chi connectivity index (χ1v) is 10.5. The third kappa shape index (κ3) is 5.11. The molecule has 150 valence electrons. The molecule has 0 bridgehead atoms. The van der Waals surface area contributed by atoms with E-state index in [1.54, 1.807) is 0 Å². The Labute approximate surface area is 172 Å². The van der Waals surface area contributed by atoms with Crippen molar-refractivity contribution in [1.82, 2.24) is 19.4 Å². The summed E-state index contributed by atoms with van der Waals surface area (Å²) in [7, 11) is 0. The maximum absolute atomic E-state index is 12.8. The molecule has 5 heteroatoms. The number of amides is 1. The van der Waals surface area contributed by atoms with E-state index >= 15 is 0 Å². The summed E-state index contributed by atoms with van der Waals surface area (Å²) in [6.45, 7) is 2.43. The minimum absolute atomic E-state index is 0.276. The molecule has 1 aromatic carbocycles. The van der Waals surface area contributed by atoms with Crippen molar-refractivity contribution in [3.8, 4) is 0 Å². The topological polar surface area (TPSA) is 51.0 Å². The second-order valence-electron chi connectivity index (χ2n) is 7.79. The first kappa shape index (κ1) is 19.4. The highest BCUT2D eigenvalue weighted by Crippen LogP contribution is 2.27. The summed E-state index contributed by atoms with van der Waals surface area (Å²) in [5, 5.41) is 0. The smallest absolute Gasteiger partial charge is 0.222 e. The van der Waals surface area contributed by atoms with Crippen LogP contribution in [0.5, 0.6) is 0 Å². The number of imidazole rings is 1. The molecule has 0 spiro atoms. The molecule has 1 aliphatic rings. The fourth-order valence-electron chi connectivity index (χ4n) is 4.16. The van der Waals surface area contributed by atoms with Gasteiger partial charge in [-0.15, -0.1) is 0 Å². The summed E-state index contributed by atoms with van der Waals surface area (Å²) in [6, 6.07) is 14.5. The van der Waals surface area contributed by atoms with E-state index in [1.807, 2.05) is 47.9 Å². The molecule has 1 amide bonds. The Morgan fingerprint density at radius 3 is 2.69 bits per heavy atom. The zero-order valence-electron chi connectivity index (χ0n) is 16.8. The van der Waals surface area contributed by atoms with Crippen LogP contribution in [0.25, 0.3) is 0 Å². The van der Waals surface area contributed by atoms with Crippen molar-refractivity contribution in [2.24, 2.45) is 0 Å². The Kier molecular flexibility index (Phi) is 6.35. The number of piperidine rings is 1. The van der Waals surface area contributed by atoms with Gasteiger partial charge in [0.05, 0.1) is 0 Å². The van der Waals surface area contributed by atoms with E-state index in [-0.39, 0.29) is 5.91 Å². The van der Waals surface area contributed by atoms with E-state index in [0.717, 1.165) is 51.1 Å². The third-order valence-corrected chi connectivity index (χ3v) is 5.69. The predicted molar refractivity (Wildman–Crippen MR) is 114 cm³/mol. The van der Waals surface area contributed by atoms with Gasteiger partial charge in [-0.2, -0.15) is 0 Å². The number of aromatic nitrogens is 3. The highest BCUT2D eigenvalue weighted by molar-refractivity contribution is 5.76. The van der Waals surface area contributed by atoms with Crippen LogP contribution in [0.2, 0.25) is 0 Å². The highest BCUT2D eigenvalue weighted by atomic mass is 16.2. The van der Waals surface area contributed by atoms with E-state index in [9.17, 15) is 4.79 Å². The summed E-state index contributed by atoms with van der Waals surface area (Å²) < 4.78 is 2.21. The largest absolute Gasteiger partial charge is 0.342 e. The number of aryl methyl sites for hydroxylation is 1. The van der Waals surface area contributed by atoms with E-state index < -0.39 is 0 Å². The molecule has 0 radical (unpaired) electrons.